The molecule has 1 fully saturated rings. The highest BCUT2D eigenvalue weighted by Crippen LogP contribution is 2.27. The average Bonchev–Trinajstić information content (AvgIpc) is 2.73. The first-order valence-electron chi connectivity index (χ1n) is 9.05. The lowest BCUT2D eigenvalue weighted by molar-refractivity contribution is -0.129. The summed E-state index contributed by atoms with van der Waals surface area (Å²) in [4.78, 5) is 26.1. The van der Waals surface area contributed by atoms with E-state index >= 15 is 0 Å². The Kier molecular flexibility index (Phi) is 6.49. The molecule has 0 saturated carbocycles. The molecule has 2 aromatic carbocycles. The van der Waals surface area contributed by atoms with E-state index in [-0.39, 0.29) is 30.9 Å². The topological polar surface area (TPSA) is 77.1 Å². The summed E-state index contributed by atoms with van der Waals surface area (Å²) in [6, 6.07) is 14.8. The van der Waals surface area contributed by atoms with Crippen molar-refractivity contribution in [3.8, 4) is 11.5 Å². The number of carbonyl (C=O) groups excluding carboxylic acids is 2. The number of methoxy groups -OCH3 is 2. The van der Waals surface area contributed by atoms with Crippen LogP contribution in [0.4, 0.5) is 5.69 Å². The summed E-state index contributed by atoms with van der Waals surface area (Å²) < 4.78 is 16.0. The van der Waals surface area contributed by atoms with E-state index in [2.05, 4.69) is 5.32 Å². The number of anilines is 1. The summed E-state index contributed by atoms with van der Waals surface area (Å²) in [7, 11) is 3.12. The number of nitrogens with one attached hydrogen (secondary N) is 1. The summed E-state index contributed by atoms with van der Waals surface area (Å²) in [5, 5.41) is 2.88. The monoisotopic (exact) mass is 384 g/mol. The molecule has 2 aromatic rings. The Morgan fingerprint density at radius 2 is 1.89 bits per heavy atom. The lowest BCUT2D eigenvalue weighted by atomic mass is 10.1. The molecule has 0 aliphatic carbocycles. The van der Waals surface area contributed by atoms with E-state index < -0.39 is 0 Å². The van der Waals surface area contributed by atoms with E-state index in [9.17, 15) is 9.59 Å². The third-order valence-electron chi connectivity index (χ3n) is 4.54. The normalized spacial score (nSPS) is 16.6. The molecule has 1 N–H and O–H groups in total. The summed E-state index contributed by atoms with van der Waals surface area (Å²) in [5.41, 5.74) is 1.65. The molecule has 1 unspecified atom stereocenters. The fourth-order valence-corrected chi connectivity index (χ4v) is 3.07. The first kappa shape index (κ1) is 19.7. The Bertz CT molecular complexity index is 825. The highest BCUT2D eigenvalue weighted by molar-refractivity contribution is 5.95. The molecular formula is C21H24N2O5. The van der Waals surface area contributed by atoms with Gasteiger partial charge in [-0.2, -0.15) is 0 Å². The number of morpholine rings is 1. The van der Waals surface area contributed by atoms with Crippen molar-refractivity contribution in [1.82, 2.24) is 5.32 Å². The van der Waals surface area contributed by atoms with Crippen LogP contribution in [-0.2, 0) is 20.7 Å². The SMILES string of the molecule is COc1ccc(CC(=O)NCC2CN(c3ccccc3)C(=O)CO2)cc1OC. The van der Waals surface area contributed by atoms with Crippen LogP contribution in [-0.4, -0.2) is 51.8 Å². The van der Waals surface area contributed by atoms with Crippen molar-refractivity contribution in [2.45, 2.75) is 12.5 Å². The quantitative estimate of drug-likeness (QED) is 0.788. The maximum atomic E-state index is 12.3. The summed E-state index contributed by atoms with van der Waals surface area (Å²) in [5.74, 6) is 0.992. The second kappa shape index (κ2) is 9.23. The summed E-state index contributed by atoms with van der Waals surface area (Å²) in [6.45, 7) is 0.743. The van der Waals surface area contributed by atoms with Crippen LogP contribution >= 0.6 is 0 Å². The molecule has 1 aliphatic rings. The average molecular weight is 384 g/mol. The lowest BCUT2D eigenvalue weighted by Gasteiger charge is -2.32. The van der Waals surface area contributed by atoms with Gasteiger partial charge in [-0.05, 0) is 29.8 Å². The predicted octanol–water partition coefficient (Wildman–Crippen LogP) is 1.79. The Labute approximate surface area is 164 Å². The van der Waals surface area contributed by atoms with Gasteiger partial charge in [0, 0.05) is 12.2 Å². The molecular weight excluding hydrogens is 360 g/mol. The van der Waals surface area contributed by atoms with E-state index in [0.29, 0.717) is 24.6 Å². The van der Waals surface area contributed by atoms with Crippen LogP contribution in [0.1, 0.15) is 5.56 Å². The van der Waals surface area contributed by atoms with Crippen molar-refractivity contribution in [3.63, 3.8) is 0 Å². The van der Waals surface area contributed by atoms with Gasteiger partial charge in [0.15, 0.2) is 11.5 Å². The fourth-order valence-electron chi connectivity index (χ4n) is 3.07. The van der Waals surface area contributed by atoms with Gasteiger partial charge in [0.2, 0.25) is 5.91 Å². The molecule has 28 heavy (non-hydrogen) atoms. The first-order chi connectivity index (χ1) is 13.6. The van der Waals surface area contributed by atoms with E-state index in [1.807, 2.05) is 36.4 Å². The predicted molar refractivity (Wildman–Crippen MR) is 105 cm³/mol. The molecule has 0 radical (unpaired) electrons. The zero-order valence-electron chi connectivity index (χ0n) is 16.0. The van der Waals surface area contributed by atoms with Gasteiger partial charge in [-0.25, -0.2) is 0 Å². The maximum Gasteiger partial charge on any atom is 0.253 e. The first-order valence-corrected chi connectivity index (χ1v) is 9.05. The molecule has 7 nitrogen and oxygen atoms in total. The fraction of sp³-hybridized carbons (Fsp3) is 0.333. The zero-order chi connectivity index (χ0) is 19.9. The van der Waals surface area contributed by atoms with E-state index in [0.717, 1.165) is 11.3 Å². The number of nitrogens with zero attached hydrogens (tertiary/aromatic N) is 1. The van der Waals surface area contributed by atoms with Crippen LogP contribution in [0, 0.1) is 0 Å². The number of hydrogen-bond donors (Lipinski definition) is 1. The summed E-state index contributed by atoms with van der Waals surface area (Å²) >= 11 is 0. The minimum Gasteiger partial charge on any atom is -0.493 e. The van der Waals surface area contributed by atoms with Crippen molar-refractivity contribution in [2.75, 3.05) is 38.8 Å². The molecule has 1 atom stereocenters. The largest absolute Gasteiger partial charge is 0.493 e. The molecule has 148 valence electrons. The highest BCUT2D eigenvalue weighted by Gasteiger charge is 2.27. The smallest absolute Gasteiger partial charge is 0.253 e. The second-order valence-electron chi connectivity index (χ2n) is 6.44. The molecule has 3 rings (SSSR count). The Hall–Kier alpha value is -3.06. The minimum absolute atomic E-state index is 0.00507. The van der Waals surface area contributed by atoms with Gasteiger partial charge in [-0.1, -0.05) is 24.3 Å². The van der Waals surface area contributed by atoms with Crippen LogP contribution in [0.2, 0.25) is 0 Å². The van der Waals surface area contributed by atoms with Crippen molar-refractivity contribution in [3.05, 3.63) is 54.1 Å². The summed E-state index contributed by atoms with van der Waals surface area (Å²) in [6.07, 6.45) is -0.0405. The van der Waals surface area contributed by atoms with Crippen LogP contribution in [0.15, 0.2) is 48.5 Å². The molecule has 7 heteroatoms. The van der Waals surface area contributed by atoms with E-state index in [1.165, 1.54) is 0 Å². The third-order valence-corrected chi connectivity index (χ3v) is 4.54. The zero-order valence-corrected chi connectivity index (χ0v) is 16.0. The molecule has 0 aromatic heterocycles. The molecule has 0 spiro atoms. The Morgan fingerprint density at radius 3 is 2.61 bits per heavy atom. The van der Waals surface area contributed by atoms with Crippen LogP contribution in [0.5, 0.6) is 11.5 Å². The van der Waals surface area contributed by atoms with E-state index in [4.69, 9.17) is 14.2 Å². The number of rotatable bonds is 7. The Morgan fingerprint density at radius 1 is 1.14 bits per heavy atom. The van der Waals surface area contributed by atoms with Crippen molar-refractivity contribution < 1.29 is 23.8 Å². The van der Waals surface area contributed by atoms with E-state index in [1.54, 1.807) is 31.3 Å². The standard InChI is InChI=1S/C21H24N2O5/c1-26-18-9-8-15(10-19(18)27-2)11-20(24)22-12-17-13-23(21(25)14-28-17)16-6-4-3-5-7-16/h3-10,17H,11-14H2,1-2H3,(H,22,24). The van der Waals surface area contributed by atoms with Crippen LogP contribution in [0.25, 0.3) is 0 Å². The van der Waals surface area contributed by atoms with Gasteiger partial charge in [-0.15, -0.1) is 0 Å². The minimum atomic E-state index is -0.257. The van der Waals surface area contributed by atoms with Crippen LogP contribution in [0.3, 0.4) is 0 Å². The van der Waals surface area contributed by atoms with Gasteiger partial charge in [0.1, 0.15) is 6.61 Å². The van der Waals surface area contributed by atoms with Crippen molar-refractivity contribution in [2.24, 2.45) is 0 Å². The number of para-hydroxylation sites is 1. The molecule has 0 bridgehead atoms. The third kappa shape index (κ3) is 4.80. The van der Waals surface area contributed by atoms with Gasteiger partial charge in [-0.3, -0.25) is 9.59 Å². The van der Waals surface area contributed by atoms with Crippen molar-refractivity contribution >= 4 is 17.5 Å². The Balaban J connectivity index is 1.54. The molecule has 1 saturated heterocycles. The maximum absolute atomic E-state index is 12.3. The highest BCUT2D eigenvalue weighted by atomic mass is 16.5. The van der Waals surface area contributed by atoms with Gasteiger partial charge in [0.25, 0.3) is 5.91 Å². The molecule has 2 amide bonds. The lowest BCUT2D eigenvalue weighted by Crippen LogP contribution is -2.50. The number of benzene rings is 2. The second-order valence-corrected chi connectivity index (χ2v) is 6.44. The van der Waals surface area contributed by atoms with Gasteiger partial charge >= 0.3 is 0 Å². The number of ether oxygens (including phenoxy) is 3. The van der Waals surface area contributed by atoms with Crippen LogP contribution < -0.4 is 19.7 Å². The molecule has 1 aliphatic heterocycles. The van der Waals surface area contributed by atoms with Gasteiger partial charge < -0.3 is 24.4 Å². The molecule has 1 heterocycles. The number of amides is 2. The number of hydrogen-bond acceptors (Lipinski definition) is 5. The van der Waals surface area contributed by atoms with Gasteiger partial charge in [0.05, 0.1) is 33.3 Å². The van der Waals surface area contributed by atoms with Crippen molar-refractivity contribution in [1.29, 1.82) is 0 Å². The number of carbonyl (C=O) groups is 2.